The van der Waals surface area contributed by atoms with Gasteiger partial charge in [0.05, 0.1) is 10.2 Å². The Morgan fingerprint density at radius 2 is 2.19 bits per heavy atom. The van der Waals surface area contributed by atoms with E-state index in [4.69, 9.17) is 9.47 Å². The van der Waals surface area contributed by atoms with Gasteiger partial charge in [-0.3, -0.25) is 4.57 Å². The minimum Gasteiger partial charge on any atom is -0.443 e. The third-order valence-electron chi connectivity index (χ3n) is 2.82. The number of aliphatic hydroxyl groups excluding tert-OH is 1. The minimum atomic E-state index is -0.866. The lowest BCUT2D eigenvalue weighted by Crippen LogP contribution is -2.26. The van der Waals surface area contributed by atoms with Crippen LogP contribution in [0, 0.1) is 0 Å². The molecule has 0 saturated heterocycles. The molecule has 1 N–H and O–H groups in total. The molecule has 0 aliphatic rings. The van der Waals surface area contributed by atoms with Crippen LogP contribution < -0.4 is 0 Å². The van der Waals surface area contributed by atoms with Gasteiger partial charge in [-0.25, -0.2) is 4.79 Å². The maximum atomic E-state index is 12.2. The third kappa shape index (κ3) is 3.84. The van der Waals surface area contributed by atoms with Gasteiger partial charge in [-0.05, 0) is 44.7 Å². The second kappa shape index (κ2) is 6.17. The number of hydrogen-bond acceptors (Lipinski definition) is 5. The number of ether oxygens (including phenoxy) is 2. The molecule has 1 atom stereocenters. The average Bonchev–Trinajstić information content (AvgIpc) is 2.90. The lowest BCUT2D eigenvalue weighted by molar-refractivity contribution is -0.0926. The summed E-state index contributed by atoms with van der Waals surface area (Å²) in [6.07, 6.45) is 0.788. The predicted molar refractivity (Wildman–Crippen MR) is 82.8 cm³/mol. The van der Waals surface area contributed by atoms with Crippen molar-refractivity contribution < 1.29 is 19.4 Å². The van der Waals surface area contributed by atoms with Crippen LogP contribution in [0.25, 0.3) is 10.2 Å². The van der Waals surface area contributed by atoms with Crippen LogP contribution in [0.5, 0.6) is 0 Å². The van der Waals surface area contributed by atoms with Crippen LogP contribution in [-0.4, -0.2) is 34.3 Å². The van der Waals surface area contributed by atoms with Crippen molar-refractivity contribution in [3.05, 3.63) is 23.2 Å². The Morgan fingerprint density at radius 3 is 2.81 bits per heavy atom. The monoisotopic (exact) mass is 311 g/mol. The number of hydrogen-bond donors (Lipinski definition) is 1. The number of thiophene rings is 1. The molecule has 2 rings (SSSR count). The second-order valence-electron chi connectivity index (χ2n) is 5.75. The number of fused-ring (bicyclic) bond motifs is 1. The summed E-state index contributed by atoms with van der Waals surface area (Å²) in [5.41, 5.74) is 1.13. The first-order chi connectivity index (χ1) is 9.81. The number of carbonyl (C=O) groups is 1. The molecule has 0 bridgehead atoms. The molecule has 2 heterocycles. The molecule has 0 radical (unpaired) electrons. The molecule has 0 saturated carbocycles. The van der Waals surface area contributed by atoms with Crippen molar-refractivity contribution >= 4 is 27.6 Å². The third-order valence-corrected chi connectivity index (χ3v) is 3.80. The molecule has 1 unspecified atom stereocenters. The topological polar surface area (TPSA) is 60.7 Å². The summed E-state index contributed by atoms with van der Waals surface area (Å²) in [6, 6.07) is 1.88. The highest BCUT2D eigenvalue weighted by molar-refractivity contribution is 7.17. The fraction of sp³-hybridized carbons (Fsp3) is 0.533. The number of aromatic nitrogens is 1. The molecule has 5 nitrogen and oxygen atoms in total. The summed E-state index contributed by atoms with van der Waals surface area (Å²) < 4.78 is 13.0. The molecule has 0 aliphatic heterocycles. The highest BCUT2D eigenvalue weighted by Gasteiger charge is 2.22. The summed E-state index contributed by atoms with van der Waals surface area (Å²) in [4.78, 5) is 12.2. The number of aliphatic hydroxyl groups is 1. The molecule has 0 spiro atoms. The quantitative estimate of drug-likeness (QED) is 0.879. The lowest BCUT2D eigenvalue weighted by atomic mass is 10.2. The zero-order chi connectivity index (χ0) is 15.6. The van der Waals surface area contributed by atoms with E-state index in [0.29, 0.717) is 13.0 Å². The van der Waals surface area contributed by atoms with Crippen molar-refractivity contribution in [1.82, 2.24) is 4.57 Å². The van der Waals surface area contributed by atoms with Gasteiger partial charge in [0, 0.05) is 19.2 Å². The Bertz CT molecular complexity index is 623. The van der Waals surface area contributed by atoms with Crippen molar-refractivity contribution in [1.29, 1.82) is 0 Å². The average molecular weight is 311 g/mol. The van der Waals surface area contributed by atoms with Crippen LogP contribution >= 0.6 is 11.3 Å². The first-order valence-corrected chi connectivity index (χ1v) is 7.80. The summed E-state index contributed by atoms with van der Waals surface area (Å²) >= 11 is 1.53. The Kier molecular flexibility index (Phi) is 4.70. The molecule has 0 amide bonds. The van der Waals surface area contributed by atoms with Crippen molar-refractivity contribution in [3.63, 3.8) is 0 Å². The molecule has 6 heteroatoms. The van der Waals surface area contributed by atoms with Crippen LogP contribution in [0.2, 0.25) is 0 Å². The minimum absolute atomic E-state index is 0.348. The predicted octanol–water partition coefficient (Wildman–Crippen LogP) is 3.38. The molecule has 2 aromatic heterocycles. The molecule has 0 aromatic carbocycles. The van der Waals surface area contributed by atoms with Gasteiger partial charge >= 0.3 is 6.09 Å². The van der Waals surface area contributed by atoms with Crippen LogP contribution in [0.3, 0.4) is 0 Å². The normalized spacial score (nSPS) is 13.6. The van der Waals surface area contributed by atoms with Crippen LogP contribution in [0.15, 0.2) is 17.6 Å². The van der Waals surface area contributed by atoms with Gasteiger partial charge < -0.3 is 14.6 Å². The van der Waals surface area contributed by atoms with Gasteiger partial charge in [0.25, 0.3) is 0 Å². The van der Waals surface area contributed by atoms with Gasteiger partial charge in [0.2, 0.25) is 0 Å². The van der Waals surface area contributed by atoms with Crippen LogP contribution in [0.1, 0.15) is 33.3 Å². The number of rotatable bonds is 4. The van der Waals surface area contributed by atoms with E-state index in [2.05, 4.69) is 0 Å². The van der Waals surface area contributed by atoms with Gasteiger partial charge in [-0.15, -0.1) is 11.3 Å². The highest BCUT2D eigenvalue weighted by Crippen LogP contribution is 2.28. The number of nitrogens with zero attached hydrogens (tertiary/aromatic N) is 1. The smallest absolute Gasteiger partial charge is 0.419 e. The van der Waals surface area contributed by atoms with Gasteiger partial charge in [0.15, 0.2) is 6.29 Å². The van der Waals surface area contributed by atoms with Crippen molar-refractivity contribution in [3.8, 4) is 0 Å². The molecule has 116 valence electrons. The fourth-order valence-corrected chi connectivity index (χ4v) is 2.97. The van der Waals surface area contributed by atoms with E-state index < -0.39 is 18.0 Å². The maximum absolute atomic E-state index is 12.2. The van der Waals surface area contributed by atoms with E-state index in [1.165, 1.54) is 15.9 Å². The first-order valence-electron chi connectivity index (χ1n) is 6.92. The fourth-order valence-electron chi connectivity index (χ4n) is 2.06. The van der Waals surface area contributed by atoms with E-state index in [0.717, 1.165) is 15.8 Å². The molecule has 21 heavy (non-hydrogen) atoms. The Hall–Kier alpha value is -1.37. The number of carbonyl (C=O) groups excluding carboxylic acids is 1. The van der Waals surface area contributed by atoms with Crippen molar-refractivity contribution in [2.24, 2.45) is 0 Å². The van der Waals surface area contributed by atoms with Gasteiger partial charge in [-0.2, -0.15) is 0 Å². The molecule has 2 aromatic rings. The first kappa shape index (κ1) is 16.0. The molecule has 0 fully saturated rings. The molecule has 0 aliphatic carbocycles. The molecular weight excluding hydrogens is 290 g/mol. The van der Waals surface area contributed by atoms with Crippen molar-refractivity contribution in [2.45, 2.75) is 46.0 Å². The summed E-state index contributed by atoms with van der Waals surface area (Å²) in [7, 11) is 0. The van der Waals surface area contributed by atoms with E-state index in [1.807, 2.05) is 39.1 Å². The van der Waals surface area contributed by atoms with Crippen LogP contribution in [0.4, 0.5) is 4.79 Å². The Morgan fingerprint density at radius 1 is 1.48 bits per heavy atom. The van der Waals surface area contributed by atoms with E-state index in [1.54, 1.807) is 6.20 Å². The van der Waals surface area contributed by atoms with Crippen molar-refractivity contribution in [2.75, 3.05) is 6.61 Å². The Labute approximate surface area is 128 Å². The lowest BCUT2D eigenvalue weighted by Gasteiger charge is -2.19. The Balaban J connectivity index is 2.29. The summed E-state index contributed by atoms with van der Waals surface area (Å²) in [6.45, 7) is 7.77. The summed E-state index contributed by atoms with van der Waals surface area (Å²) in [5, 5.41) is 11.7. The van der Waals surface area contributed by atoms with Crippen LogP contribution in [-0.2, 0) is 15.9 Å². The molecular formula is C15H21NO4S. The van der Waals surface area contributed by atoms with Gasteiger partial charge in [-0.1, -0.05) is 0 Å². The zero-order valence-corrected chi connectivity index (χ0v) is 13.6. The summed E-state index contributed by atoms with van der Waals surface area (Å²) in [5.74, 6) is 0. The van der Waals surface area contributed by atoms with Gasteiger partial charge in [0.1, 0.15) is 5.60 Å². The SMILES string of the molecule is CCOC(O)Cc1cn(C(=O)OC(C)(C)C)c2ccsc12. The second-order valence-corrected chi connectivity index (χ2v) is 6.67. The van der Waals surface area contributed by atoms with E-state index in [-0.39, 0.29) is 0 Å². The zero-order valence-electron chi connectivity index (χ0n) is 12.8. The van der Waals surface area contributed by atoms with E-state index in [9.17, 15) is 9.90 Å². The standard InChI is InChI=1S/C15H21NO4S/c1-5-19-12(17)8-10-9-16(11-6-7-21-13(10)11)14(18)20-15(2,3)4/h6-7,9,12,17H,5,8H2,1-4H3. The largest absolute Gasteiger partial charge is 0.443 e. The van der Waals surface area contributed by atoms with E-state index >= 15 is 0 Å². The maximum Gasteiger partial charge on any atom is 0.419 e. The highest BCUT2D eigenvalue weighted by atomic mass is 32.1.